The van der Waals surface area contributed by atoms with Crippen LogP contribution in [0.4, 0.5) is 9.18 Å². The second kappa shape index (κ2) is 10.6. The lowest BCUT2D eigenvalue weighted by Gasteiger charge is -2.34. The van der Waals surface area contributed by atoms with Crippen molar-refractivity contribution in [2.24, 2.45) is 11.8 Å². The summed E-state index contributed by atoms with van der Waals surface area (Å²) in [6.07, 6.45) is 6.71. The number of amides is 1. The van der Waals surface area contributed by atoms with E-state index in [1.807, 2.05) is 20.8 Å². The molecule has 1 N–H and O–H groups in total. The zero-order chi connectivity index (χ0) is 22.4. The first-order valence-corrected chi connectivity index (χ1v) is 11.7. The quantitative estimate of drug-likeness (QED) is 0.628. The number of hydrogen-bond acceptors (Lipinski definition) is 4. The van der Waals surface area contributed by atoms with Crippen LogP contribution in [0.2, 0.25) is 0 Å². The molecule has 0 radical (unpaired) electrons. The van der Waals surface area contributed by atoms with Crippen LogP contribution in [0.3, 0.4) is 0 Å². The van der Waals surface area contributed by atoms with Crippen molar-refractivity contribution in [2.45, 2.75) is 77.4 Å². The second-order valence-corrected chi connectivity index (χ2v) is 10.1. The first kappa shape index (κ1) is 23.7. The Morgan fingerprint density at radius 1 is 1.06 bits per heavy atom. The summed E-state index contributed by atoms with van der Waals surface area (Å²) < 4.78 is 19.3. The van der Waals surface area contributed by atoms with Crippen molar-refractivity contribution in [3.05, 3.63) is 35.6 Å². The number of ether oxygens (including phenoxy) is 1. The van der Waals surface area contributed by atoms with Gasteiger partial charge in [-0.25, -0.2) is 9.18 Å². The molecular formula is C25H37FN2O3. The van der Waals surface area contributed by atoms with E-state index < -0.39 is 11.4 Å². The minimum absolute atomic E-state index is 0.0476. The van der Waals surface area contributed by atoms with Gasteiger partial charge in [-0.2, -0.15) is 0 Å². The van der Waals surface area contributed by atoms with Crippen LogP contribution in [0.1, 0.15) is 76.1 Å². The number of nitrogens with zero attached hydrogens (tertiary/aromatic N) is 1. The summed E-state index contributed by atoms with van der Waals surface area (Å²) in [6.45, 7) is 8.49. The van der Waals surface area contributed by atoms with E-state index in [4.69, 9.17) is 4.74 Å². The van der Waals surface area contributed by atoms with E-state index in [0.717, 1.165) is 64.6 Å². The van der Waals surface area contributed by atoms with Gasteiger partial charge >= 0.3 is 6.09 Å². The highest BCUT2D eigenvalue weighted by atomic mass is 19.1. The predicted octanol–water partition coefficient (Wildman–Crippen LogP) is 5.19. The number of piperidine rings is 1. The number of rotatable bonds is 6. The largest absolute Gasteiger partial charge is 0.444 e. The molecule has 1 aliphatic heterocycles. The Morgan fingerprint density at radius 2 is 1.71 bits per heavy atom. The Kier molecular flexibility index (Phi) is 8.09. The maximum Gasteiger partial charge on any atom is 0.407 e. The summed E-state index contributed by atoms with van der Waals surface area (Å²) in [4.78, 5) is 27.0. The van der Waals surface area contributed by atoms with Crippen molar-refractivity contribution in [2.75, 3.05) is 19.6 Å². The van der Waals surface area contributed by atoms with Crippen molar-refractivity contribution in [3.63, 3.8) is 0 Å². The van der Waals surface area contributed by atoms with Crippen molar-refractivity contribution in [3.8, 4) is 0 Å². The van der Waals surface area contributed by atoms with Crippen molar-refractivity contribution < 1.29 is 18.7 Å². The second-order valence-electron chi connectivity index (χ2n) is 10.1. The summed E-state index contributed by atoms with van der Waals surface area (Å²) in [5.41, 5.74) is -0.230. The van der Waals surface area contributed by atoms with Crippen LogP contribution in [0, 0.1) is 17.7 Å². The Balaban J connectivity index is 1.33. The van der Waals surface area contributed by atoms with Crippen molar-refractivity contribution >= 4 is 11.9 Å². The van der Waals surface area contributed by atoms with Crippen LogP contribution in [-0.2, 0) is 4.74 Å². The molecule has 5 nitrogen and oxygen atoms in total. The van der Waals surface area contributed by atoms with Gasteiger partial charge in [0.05, 0.1) is 5.56 Å². The molecule has 2 fully saturated rings. The maximum absolute atomic E-state index is 13.9. The zero-order valence-corrected chi connectivity index (χ0v) is 19.2. The van der Waals surface area contributed by atoms with Crippen LogP contribution in [-0.4, -0.2) is 48.1 Å². The molecule has 0 bridgehead atoms. The smallest absolute Gasteiger partial charge is 0.407 e. The minimum atomic E-state index is -0.464. The summed E-state index contributed by atoms with van der Waals surface area (Å²) >= 11 is 0. The lowest BCUT2D eigenvalue weighted by atomic mass is 9.83. The highest BCUT2D eigenvalue weighted by Crippen LogP contribution is 2.29. The number of halogens is 1. The summed E-state index contributed by atoms with van der Waals surface area (Å²) in [6, 6.07) is 6.52. The van der Waals surface area contributed by atoms with Crippen molar-refractivity contribution in [1.29, 1.82) is 0 Å². The molecule has 1 aromatic rings. The molecule has 172 valence electrons. The van der Waals surface area contributed by atoms with Crippen molar-refractivity contribution in [1.82, 2.24) is 10.2 Å². The van der Waals surface area contributed by atoms with Gasteiger partial charge in [0.2, 0.25) is 0 Å². The molecule has 3 rings (SSSR count). The number of likely N-dealkylation sites (tertiary alicyclic amines) is 1. The third-order valence-electron chi connectivity index (χ3n) is 6.52. The number of ketones is 1. The molecule has 0 atom stereocenters. The lowest BCUT2D eigenvalue weighted by Crippen LogP contribution is -2.41. The van der Waals surface area contributed by atoms with Gasteiger partial charge in [-0.15, -0.1) is 0 Å². The van der Waals surface area contributed by atoms with Gasteiger partial charge in [0.15, 0.2) is 5.78 Å². The Labute approximate surface area is 185 Å². The van der Waals surface area contributed by atoms with E-state index in [1.165, 1.54) is 6.07 Å². The number of benzene rings is 1. The maximum atomic E-state index is 13.9. The first-order chi connectivity index (χ1) is 14.7. The highest BCUT2D eigenvalue weighted by Gasteiger charge is 2.28. The molecule has 1 saturated carbocycles. The van der Waals surface area contributed by atoms with Crippen LogP contribution >= 0.6 is 0 Å². The van der Waals surface area contributed by atoms with E-state index in [0.29, 0.717) is 5.92 Å². The molecule has 1 aromatic carbocycles. The van der Waals surface area contributed by atoms with Gasteiger partial charge in [-0.1, -0.05) is 12.1 Å². The number of nitrogens with one attached hydrogen (secondary N) is 1. The fourth-order valence-corrected chi connectivity index (χ4v) is 4.73. The standard InChI is InChI=1S/C25H37FN2O3/c1-25(2,3)31-24(30)27-20-10-8-18(9-11-20)12-15-28-16-13-19(14-17-28)23(29)21-6-4-5-7-22(21)26/h4-7,18-20H,8-17H2,1-3H3,(H,27,30). The van der Waals surface area contributed by atoms with Crippen LogP contribution in [0.5, 0.6) is 0 Å². The molecule has 0 aromatic heterocycles. The third-order valence-corrected chi connectivity index (χ3v) is 6.52. The van der Waals surface area contributed by atoms with Gasteiger partial charge in [0.1, 0.15) is 11.4 Å². The van der Waals surface area contributed by atoms with E-state index in [-0.39, 0.29) is 29.4 Å². The molecule has 2 aliphatic rings. The van der Waals surface area contributed by atoms with Gasteiger partial charge in [0.25, 0.3) is 0 Å². The van der Waals surface area contributed by atoms with Crippen LogP contribution in [0.15, 0.2) is 24.3 Å². The van der Waals surface area contributed by atoms with Gasteiger partial charge in [-0.3, -0.25) is 4.79 Å². The third kappa shape index (κ3) is 7.30. The Hall–Kier alpha value is -1.95. The monoisotopic (exact) mass is 432 g/mol. The van der Waals surface area contributed by atoms with E-state index in [1.54, 1.807) is 18.2 Å². The Bertz CT molecular complexity index is 745. The number of alkyl carbamates (subject to hydrolysis) is 1. The molecule has 0 spiro atoms. The fraction of sp³-hybridized carbons (Fsp3) is 0.680. The molecule has 0 unspecified atom stereocenters. The zero-order valence-electron chi connectivity index (χ0n) is 19.2. The molecular weight excluding hydrogens is 395 g/mol. The SMILES string of the molecule is CC(C)(C)OC(=O)NC1CCC(CCN2CCC(C(=O)c3ccccc3F)CC2)CC1. The lowest BCUT2D eigenvalue weighted by molar-refractivity contribution is 0.0485. The number of hydrogen-bond donors (Lipinski definition) is 1. The Morgan fingerprint density at radius 3 is 2.32 bits per heavy atom. The van der Waals surface area contributed by atoms with E-state index >= 15 is 0 Å². The van der Waals surface area contributed by atoms with Crippen LogP contribution in [0.25, 0.3) is 0 Å². The highest BCUT2D eigenvalue weighted by molar-refractivity contribution is 5.98. The molecule has 1 amide bonds. The van der Waals surface area contributed by atoms with E-state index in [2.05, 4.69) is 10.2 Å². The molecule has 1 heterocycles. The number of Topliss-reactive ketones (excluding diaryl/α,β-unsaturated/α-hetero) is 1. The summed E-state index contributed by atoms with van der Waals surface area (Å²) in [5, 5.41) is 3.00. The number of carbonyl (C=O) groups excluding carboxylic acids is 2. The topological polar surface area (TPSA) is 58.6 Å². The molecule has 1 aliphatic carbocycles. The van der Waals surface area contributed by atoms with E-state index in [9.17, 15) is 14.0 Å². The minimum Gasteiger partial charge on any atom is -0.444 e. The number of carbonyl (C=O) groups is 2. The van der Waals surface area contributed by atoms with Gasteiger partial charge < -0.3 is 15.0 Å². The fourth-order valence-electron chi connectivity index (χ4n) is 4.73. The van der Waals surface area contributed by atoms with Gasteiger partial charge in [0, 0.05) is 12.0 Å². The predicted molar refractivity (Wildman–Crippen MR) is 120 cm³/mol. The average molecular weight is 433 g/mol. The van der Waals surface area contributed by atoms with Gasteiger partial charge in [-0.05, 0) is 103 Å². The average Bonchev–Trinajstić information content (AvgIpc) is 2.72. The summed E-state index contributed by atoms with van der Waals surface area (Å²) in [5.74, 6) is 0.164. The molecule has 1 saturated heterocycles. The molecule has 6 heteroatoms. The summed E-state index contributed by atoms with van der Waals surface area (Å²) in [7, 11) is 0. The normalized spacial score (nSPS) is 23.4. The molecule has 31 heavy (non-hydrogen) atoms. The van der Waals surface area contributed by atoms with Crippen LogP contribution < -0.4 is 5.32 Å². The first-order valence-electron chi connectivity index (χ1n) is 11.7.